The zero-order valence-electron chi connectivity index (χ0n) is 8.40. The Morgan fingerprint density at radius 2 is 1.60 bits per heavy atom. The Kier molecular flexibility index (Phi) is 6.37. The molecule has 82 valence electrons. The van der Waals surface area contributed by atoms with Gasteiger partial charge in [-0.1, -0.05) is 13.8 Å². The Bertz CT molecular complexity index is 353. The number of carbonyl (C=O) groups excluding carboxylic acids is 1. The van der Waals surface area contributed by atoms with Gasteiger partial charge >= 0.3 is 11.6 Å². The van der Waals surface area contributed by atoms with E-state index in [1.54, 1.807) is 0 Å². The molecule has 1 aromatic rings. The van der Waals surface area contributed by atoms with Gasteiger partial charge in [0, 0.05) is 11.5 Å². The molecule has 0 amide bonds. The van der Waals surface area contributed by atoms with E-state index in [9.17, 15) is 9.18 Å². The van der Waals surface area contributed by atoms with Crippen LogP contribution < -0.4 is 0 Å². The molecule has 0 aliphatic rings. The monoisotopic (exact) mass is 230 g/mol. The molecule has 0 radical (unpaired) electrons. The third-order valence-corrected chi connectivity index (χ3v) is 1.65. The Labute approximate surface area is 90.9 Å². The molecule has 0 saturated heterocycles. The molecule has 1 aromatic carbocycles. The van der Waals surface area contributed by atoms with E-state index in [0.717, 1.165) is 0 Å². The van der Waals surface area contributed by atoms with Crippen LogP contribution in [0.1, 0.15) is 24.2 Å². The smallest absolute Gasteiger partial charge is 0.294 e. The number of hydrogen-bond donors (Lipinski definition) is 0. The summed E-state index contributed by atoms with van der Waals surface area (Å²) in [5.41, 5.74) is 0.575. The predicted molar refractivity (Wildman–Crippen MR) is 54.5 cm³/mol. The number of hydrogen-bond acceptors (Lipinski definition) is 3. The molecule has 0 atom stereocenters. The van der Waals surface area contributed by atoms with Crippen molar-refractivity contribution in [3.8, 4) is 0 Å². The van der Waals surface area contributed by atoms with E-state index in [2.05, 4.69) is 0 Å². The third kappa shape index (κ3) is 5.17. The van der Waals surface area contributed by atoms with Gasteiger partial charge in [-0.15, -0.1) is 0 Å². The number of benzene rings is 1. The van der Waals surface area contributed by atoms with Gasteiger partial charge in [0.2, 0.25) is 0 Å². The summed E-state index contributed by atoms with van der Waals surface area (Å²) in [4.78, 5) is 11.3. The molecule has 15 heavy (non-hydrogen) atoms. The Morgan fingerprint density at radius 3 is 1.93 bits per heavy atom. The van der Waals surface area contributed by atoms with Crippen molar-refractivity contribution in [2.75, 3.05) is 0 Å². The zero-order chi connectivity index (χ0) is 11.8. The first-order chi connectivity index (χ1) is 7.02. The lowest BCUT2D eigenvalue weighted by atomic mass is 10.0. The predicted octanol–water partition coefficient (Wildman–Crippen LogP) is 1.99. The van der Waals surface area contributed by atoms with Gasteiger partial charge in [-0.25, -0.2) is 4.39 Å². The summed E-state index contributed by atoms with van der Waals surface area (Å²) in [6.07, 6.45) is 0. The molecule has 0 fully saturated rings. The van der Waals surface area contributed by atoms with Crippen LogP contribution in [-0.2, 0) is 11.6 Å². The van der Waals surface area contributed by atoms with Gasteiger partial charge in [-0.2, -0.15) is 8.42 Å². The van der Waals surface area contributed by atoms with E-state index in [1.165, 1.54) is 24.3 Å². The maximum Gasteiger partial charge on any atom is 0.335 e. The van der Waals surface area contributed by atoms with Crippen molar-refractivity contribution in [1.29, 1.82) is 0 Å². The van der Waals surface area contributed by atoms with Crippen molar-refractivity contribution in [3.63, 3.8) is 0 Å². The van der Waals surface area contributed by atoms with Crippen LogP contribution in [0, 0.1) is 11.7 Å². The highest BCUT2D eigenvalue weighted by atomic mass is 32.1. The van der Waals surface area contributed by atoms with Crippen LogP contribution in [0.3, 0.4) is 0 Å². The summed E-state index contributed by atoms with van der Waals surface area (Å²) < 4.78 is 29.0. The first-order valence-corrected chi connectivity index (χ1v) is 4.91. The topological polar surface area (TPSA) is 51.2 Å². The number of carbonyl (C=O) groups is 1. The van der Waals surface area contributed by atoms with E-state index in [1.807, 2.05) is 13.8 Å². The highest BCUT2D eigenvalue weighted by Crippen LogP contribution is 2.08. The lowest BCUT2D eigenvalue weighted by Gasteiger charge is -2.02. The van der Waals surface area contributed by atoms with Crippen molar-refractivity contribution in [2.45, 2.75) is 13.8 Å². The maximum absolute atomic E-state index is 12.4. The van der Waals surface area contributed by atoms with Gasteiger partial charge in [-0.05, 0) is 24.3 Å². The minimum absolute atomic E-state index is 0.0320. The highest BCUT2D eigenvalue weighted by molar-refractivity contribution is 7.51. The first-order valence-electron chi connectivity index (χ1n) is 4.24. The molecule has 0 aromatic heterocycles. The Balaban J connectivity index is 0.000000583. The Hall–Kier alpha value is -1.36. The summed E-state index contributed by atoms with van der Waals surface area (Å²) in [6, 6.07) is 5.63. The lowest BCUT2D eigenvalue weighted by molar-refractivity contribution is 0.0939. The van der Waals surface area contributed by atoms with Crippen LogP contribution in [0.5, 0.6) is 0 Å². The molecule has 0 saturated carbocycles. The van der Waals surface area contributed by atoms with Gasteiger partial charge in [-0.3, -0.25) is 4.79 Å². The summed E-state index contributed by atoms with van der Waals surface area (Å²) in [5.74, 6) is -0.291. The van der Waals surface area contributed by atoms with Crippen LogP contribution >= 0.6 is 0 Å². The molecule has 0 aliphatic heterocycles. The molecule has 0 unspecified atom stereocenters. The summed E-state index contributed by atoms with van der Waals surface area (Å²) in [7, 11) is 0. The van der Waals surface area contributed by atoms with E-state index in [-0.39, 0.29) is 17.5 Å². The molecular weight excluding hydrogens is 219 g/mol. The molecule has 3 nitrogen and oxygen atoms in total. The number of Topliss-reactive ketones (excluding diaryl/α,β-unsaturated/α-hetero) is 1. The molecule has 1 rings (SSSR count). The molecule has 0 N–H and O–H groups in total. The quantitative estimate of drug-likeness (QED) is 0.730. The Morgan fingerprint density at radius 1 is 1.20 bits per heavy atom. The van der Waals surface area contributed by atoms with Crippen molar-refractivity contribution >= 4 is 17.4 Å². The molecular formula is C10H11FO3S. The number of halogens is 1. The van der Waals surface area contributed by atoms with Gasteiger partial charge in [0.05, 0.1) is 0 Å². The van der Waals surface area contributed by atoms with Gasteiger partial charge in [0.15, 0.2) is 5.78 Å². The lowest BCUT2D eigenvalue weighted by Crippen LogP contribution is -2.06. The van der Waals surface area contributed by atoms with Crippen LogP contribution in [0.4, 0.5) is 4.39 Å². The minimum atomic E-state index is -0.750. The maximum atomic E-state index is 12.4. The van der Waals surface area contributed by atoms with Gasteiger partial charge < -0.3 is 0 Å². The summed E-state index contributed by atoms with van der Waals surface area (Å²) >= 11 is -0.750. The second-order valence-electron chi connectivity index (χ2n) is 3.09. The fraction of sp³-hybridized carbons (Fsp3) is 0.300. The standard InChI is InChI=1S/C10H11FO.O2S/c1-7(2)10(12)8-3-5-9(11)6-4-8;1-3-2/h3-7H,1-2H3;. The van der Waals surface area contributed by atoms with Gasteiger partial charge in [0.25, 0.3) is 0 Å². The van der Waals surface area contributed by atoms with Crippen molar-refractivity contribution < 1.29 is 17.6 Å². The van der Waals surface area contributed by atoms with E-state index >= 15 is 0 Å². The third-order valence-electron chi connectivity index (χ3n) is 1.65. The fourth-order valence-corrected chi connectivity index (χ4v) is 0.947. The zero-order valence-corrected chi connectivity index (χ0v) is 9.21. The SMILES string of the molecule is CC(C)C(=O)c1ccc(F)cc1.O=S=O. The van der Waals surface area contributed by atoms with E-state index in [0.29, 0.717) is 5.56 Å². The van der Waals surface area contributed by atoms with Crippen LogP contribution in [-0.4, -0.2) is 14.2 Å². The first kappa shape index (κ1) is 13.6. The van der Waals surface area contributed by atoms with Gasteiger partial charge in [0.1, 0.15) is 5.82 Å². The molecule has 0 spiro atoms. The van der Waals surface area contributed by atoms with Crippen molar-refractivity contribution in [2.24, 2.45) is 5.92 Å². The van der Waals surface area contributed by atoms with E-state index in [4.69, 9.17) is 8.42 Å². The van der Waals surface area contributed by atoms with Crippen LogP contribution in [0.15, 0.2) is 24.3 Å². The van der Waals surface area contributed by atoms with Crippen LogP contribution in [0.2, 0.25) is 0 Å². The average Bonchev–Trinajstić information content (AvgIpc) is 2.19. The number of ketones is 1. The summed E-state index contributed by atoms with van der Waals surface area (Å²) in [5, 5.41) is 0. The van der Waals surface area contributed by atoms with Crippen LogP contribution in [0.25, 0.3) is 0 Å². The van der Waals surface area contributed by atoms with E-state index < -0.39 is 11.6 Å². The van der Waals surface area contributed by atoms with Crippen molar-refractivity contribution in [3.05, 3.63) is 35.6 Å². The highest BCUT2D eigenvalue weighted by Gasteiger charge is 2.09. The molecule has 0 bridgehead atoms. The minimum Gasteiger partial charge on any atom is -0.294 e. The average molecular weight is 230 g/mol. The molecule has 5 heteroatoms. The number of rotatable bonds is 2. The second-order valence-corrected chi connectivity index (χ2v) is 3.23. The fourth-order valence-electron chi connectivity index (χ4n) is 0.947. The molecule has 0 aliphatic carbocycles. The summed E-state index contributed by atoms with van der Waals surface area (Å²) in [6.45, 7) is 3.65. The van der Waals surface area contributed by atoms with Crippen molar-refractivity contribution in [1.82, 2.24) is 0 Å². The normalized spacial score (nSPS) is 9.07. The molecule has 0 heterocycles. The second kappa shape index (κ2) is 7.00. The largest absolute Gasteiger partial charge is 0.335 e.